The van der Waals surface area contributed by atoms with E-state index in [0.717, 1.165) is 34.2 Å². The molecule has 164 valence electrons. The molecule has 1 unspecified atom stereocenters. The minimum Gasteiger partial charge on any atom is -0.369 e. The van der Waals surface area contributed by atoms with Crippen molar-refractivity contribution in [1.29, 1.82) is 0 Å². The van der Waals surface area contributed by atoms with Crippen molar-refractivity contribution in [3.8, 4) is 0 Å². The second-order valence-electron chi connectivity index (χ2n) is 7.61. The van der Waals surface area contributed by atoms with Crippen LogP contribution in [-0.2, 0) is 23.9 Å². The van der Waals surface area contributed by atoms with E-state index in [0.29, 0.717) is 5.56 Å². The summed E-state index contributed by atoms with van der Waals surface area (Å²) in [7, 11) is 0. The Kier molecular flexibility index (Phi) is 6.01. The molecule has 3 N–H and O–H groups in total. The molecule has 32 heavy (non-hydrogen) atoms. The molecule has 0 aliphatic heterocycles. The SMILES string of the molecule is NC(=O)Cc1cn(C(NCc2cccc(C(F)(F)F)c2)c2ccccc2)c2ccccc12. The third-order valence-electron chi connectivity index (χ3n) is 5.34. The van der Waals surface area contributed by atoms with E-state index in [1.807, 2.05) is 65.4 Å². The van der Waals surface area contributed by atoms with E-state index in [-0.39, 0.29) is 19.1 Å². The zero-order valence-corrected chi connectivity index (χ0v) is 17.1. The first-order valence-corrected chi connectivity index (χ1v) is 10.1. The summed E-state index contributed by atoms with van der Waals surface area (Å²) in [6.45, 7) is 0.223. The van der Waals surface area contributed by atoms with Gasteiger partial charge in [0.15, 0.2) is 0 Å². The standard InChI is InChI=1S/C25H22F3N3O/c26-25(27,28)20-10-6-7-17(13-20)15-30-24(18-8-2-1-3-9-18)31-16-19(14-23(29)32)21-11-4-5-12-22(21)31/h1-13,16,24,30H,14-15H2,(H2,29,32). The largest absolute Gasteiger partial charge is 0.416 e. The highest BCUT2D eigenvalue weighted by Crippen LogP contribution is 2.30. The zero-order chi connectivity index (χ0) is 22.7. The van der Waals surface area contributed by atoms with Crippen molar-refractivity contribution < 1.29 is 18.0 Å². The summed E-state index contributed by atoms with van der Waals surface area (Å²) in [6.07, 6.45) is -2.78. The third kappa shape index (κ3) is 4.68. The third-order valence-corrected chi connectivity index (χ3v) is 5.34. The number of alkyl halides is 3. The van der Waals surface area contributed by atoms with E-state index in [4.69, 9.17) is 5.73 Å². The van der Waals surface area contributed by atoms with Gasteiger partial charge in [-0.05, 0) is 28.8 Å². The van der Waals surface area contributed by atoms with Gasteiger partial charge in [0.2, 0.25) is 5.91 Å². The second-order valence-corrected chi connectivity index (χ2v) is 7.61. The lowest BCUT2D eigenvalue weighted by Crippen LogP contribution is -2.27. The number of halogens is 3. The monoisotopic (exact) mass is 437 g/mol. The van der Waals surface area contributed by atoms with E-state index in [1.54, 1.807) is 6.07 Å². The predicted molar refractivity (Wildman–Crippen MR) is 118 cm³/mol. The number of nitrogens with two attached hydrogens (primary N) is 1. The van der Waals surface area contributed by atoms with E-state index in [1.165, 1.54) is 6.07 Å². The van der Waals surface area contributed by atoms with Gasteiger partial charge in [-0.15, -0.1) is 0 Å². The minimum absolute atomic E-state index is 0.0999. The molecule has 4 nitrogen and oxygen atoms in total. The van der Waals surface area contributed by atoms with Gasteiger partial charge in [0.1, 0.15) is 6.17 Å². The highest BCUT2D eigenvalue weighted by molar-refractivity contribution is 5.89. The average molecular weight is 437 g/mol. The number of hydrogen-bond donors (Lipinski definition) is 2. The smallest absolute Gasteiger partial charge is 0.369 e. The number of benzene rings is 3. The van der Waals surface area contributed by atoms with E-state index >= 15 is 0 Å². The van der Waals surface area contributed by atoms with Crippen molar-refractivity contribution in [2.75, 3.05) is 0 Å². The molecule has 0 aliphatic rings. The summed E-state index contributed by atoms with van der Waals surface area (Å²) in [5.41, 5.74) is 7.92. The molecule has 1 amide bonds. The molecule has 0 radical (unpaired) electrons. The highest BCUT2D eigenvalue weighted by Gasteiger charge is 2.30. The maximum absolute atomic E-state index is 13.1. The van der Waals surface area contributed by atoms with Crippen molar-refractivity contribution in [3.05, 3.63) is 107 Å². The number of nitrogens with zero attached hydrogens (tertiary/aromatic N) is 1. The van der Waals surface area contributed by atoms with Crippen LogP contribution in [0.3, 0.4) is 0 Å². The molecule has 0 saturated heterocycles. The fourth-order valence-electron chi connectivity index (χ4n) is 3.90. The number of para-hydroxylation sites is 1. The number of fused-ring (bicyclic) bond motifs is 1. The molecule has 0 spiro atoms. The number of amides is 1. The fraction of sp³-hybridized carbons (Fsp3) is 0.160. The van der Waals surface area contributed by atoms with Crippen LogP contribution >= 0.6 is 0 Å². The lowest BCUT2D eigenvalue weighted by Gasteiger charge is -2.23. The topological polar surface area (TPSA) is 60.1 Å². The number of carbonyl (C=O) groups is 1. The summed E-state index contributed by atoms with van der Waals surface area (Å²) in [4.78, 5) is 11.6. The van der Waals surface area contributed by atoms with Crippen molar-refractivity contribution in [2.24, 2.45) is 5.73 Å². The van der Waals surface area contributed by atoms with Gasteiger partial charge in [0, 0.05) is 23.6 Å². The van der Waals surface area contributed by atoms with Crippen molar-refractivity contribution >= 4 is 16.8 Å². The molecule has 4 rings (SSSR count). The number of carbonyl (C=O) groups excluding carboxylic acids is 1. The summed E-state index contributed by atoms with van der Waals surface area (Å²) < 4.78 is 41.3. The van der Waals surface area contributed by atoms with Crippen LogP contribution in [0.5, 0.6) is 0 Å². The van der Waals surface area contributed by atoms with Gasteiger partial charge in [-0.25, -0.2) is 0 Å². The number of aromatic nitrogens is 1. The Labute approximate surface area is 183 Å². The van der Waals surface area contributed by atoms with Gasteiger partial charge in [-0.2, -0.15) is 13.2 Å². The maximum Gasteiger partial charge on any atom is 0.416 e. The van der Waals surface area contributed by atoms with Gasteiger partial charge >= 0.3 is 6.18 Å². The minimum atomic E-state index is -4.39. The normalized spacial score (nSPS) is 12.7. The van der Waals surface area contributed by atoms with E-state index < -0.39 is 17.6 Å². The maximum atomic E-state index is 13.1. The number of rotatable bonds is 7. The van der Waals surface area contributed by atoms with Crippen molar-refractivity contribution in [1.82, 2.24) is 9.88 Å². The van der Waals surface area contributed by atoms with Crippen LogP contribution in [0, 0.1) is 0 Å². The van der Waals surface area contributed by atoms with Crippen LogP contribution in [0.1, 0.15) is 28.4 Å². The Morgan fingerprint density at radius 2 is 1.69 bits per heavy atom. The lowest BCUT2D eigenvalue weighted by molar-refractivity contribution is -0.137. The molecule has 0 fully saturated rings. The molecule has 4 aromatic rings. The van der Waals surface area contributed by atoms with Gasteiger partial charge in [0.25, 0.3) is 0 Å². The average Bonchev–Trinajstić information content (AvgIpc) is 3.12. The molecular weight excluding hydrogens is 415 g/mol. The zero-order valence-electron chi connectivity index (χ0n) is 17.1. The van der Waals surface area contributed by atoms with Gasteiger partial charge in [0.05, 0.1) is 12.0 Å². The Hall–Kier alpha value is -3.58. The Morgan fingerprint density at radius 1 is 0.969 bits per heavy atom. The first-order chi connectivity index (χ1) is 15.3. The van der Waals surface area contributed by atoms with Gasteiger partial charge < -0.3 is 10.3 Å². The van der Waals surface area contributed by atoms with Crippen LogP contribution < -0.4 is 11.1 Å². The van der Waals surface area contributed by atoms with Crippen LogP contribution in [0.25, 0.3) is 10.9 Å². The molecule has 1 aromatic heterocycles. The van der Waals surface area contributed by atoms with Gasteiger partial charge in [-0.1, -0.05) is 66.7 Å². The first-order valence-electron chi connectivity index (χ1n) is 10.1. The molecule has 1 atom stereocenters. The number of primary amides is 1. The van der Waals surface area contributed by atoms with E-state index in [9.17, 15) is 18.0 Å². The van der Waals surface area contributed by atoms with Crippen molar-refractivity contribution in [2.45, 2.75) is 25.3 Å². The molecule has 1 heterocycles. The first kappa shape index (κ1) is 21.6. The molecule has 0 saturated carbocycles. The molecule has 3 aromatic carbocycles. The fourth-order valence-corrected chi connectivity index (χ4v) is 3.90. The number of hydrogen-bond acceptors (Lipinski definition) is 2. The number of nitrogens with one attached hydrogen (secondary N) is 1. The van der Waals surface area contributed by atoms with Crippen LogP contribution in [0.4, 0.5) is 13.2 Å². The van der Waals surface area contributed by atoms with Crippen LogP contribution in [-0.4, -0.2) is 10.5 Å². The molecule has 0 aliphatic carbocycles. The summed E-state index contributed by atoms with van der Waals surface area (Å²) in [5.74, 6) is -0.430. The molecular formula is C25H22F3N3O. The summed E-state index contributed by atoms with van der Waals surface area (Å²) >= 11 is 0. The Morgan fingerprint density at radius 3 is 2.41 bits per heavy atom. The Bertz CT molecular complexity index is 1230. The van der Waals surface area contributed by atoms with Crippen LogP contribution in [0.15, 0.2) is 85.1 Å². The second kappa shape index (κ2) is 8.88. The summed E-state index contributed by atoms with van der Waals surface area (Å²) in [6, 6.07) is 22.6. The summed E-state index contributed by atoms with van der Waals surface area (Å²) in [5, 5.41) is 4.30. The van der Waals surface area contributed by atoms with Crippen molar-refractivity contribution in [3.63, 3.8) is 0 Å². The Balaban J connectivity index is 1.73. The predicted octanol–water partition coefficient (Wildman–Crippen LogP) is 5.02. The quantitative estimate of drug-likeness (QED) is 0.426. The molecule has 0 bridgehead atoms. The lowest BCUT2D eigenvalue weighted by atomic mass is 10.1. The van der Waals surface area contributed by atoms with E-state index in [2.05, 4.69) is 5.32 Å². The van der Waals surface area contributed by atoms with Crippen LogP contribution in [0.2, 0.25) is 0 Å². The molecule has 7 heteroatoms. The van der Waals surface area contributed by atoms with Gasteiger partial charge in [-0.3, -0.25) is 10.1 Å². The highest BCUT2D eigenvalue weighted by atomic mass is 19.4.